The van der Waals surface area contributed by atoms with Crippen molar-refractivity contribution < 1.29 is 0 Å². The highest BCUT2D eigenvalue weighted by molar-refractivity contribution is 9.10. The van der Waals surface area contributed by atoms with E-state index in [0.29, 0.717) is 6.54 Å². The molecule has 0 unspecified atom stereocenters. The third-order valence-electron chi connectivity index (χ3n) is 1.30. The standard InChI is InChI=1S/C6H5BrN4S2/c7-5-3-12-6(9-5)8-1-4-2-13-11-10-4/h2-3H,1H2,(H,8,9). The molecular formula is C6H5BrN4S2. The van der Waals surface area contributed by atoms with Gasteiger partial charge in [-0.3, -0.25) is 0 Å². The summed E-state index contributed by atoms with van der Waals surface area (Å²) in [4.78, 5) is 4.19. The summed E-state index contributed by atoms with van der Waals surface area (Å²) in [5, 5.41) is 11.8. The fourth-order valence-electron chi connectivity index (χ4n) is 0.763. The van der Waals surface area contributed by atoms with E-state index in [1.807, 2.05) is 10.8 Å². The second-order valence-corrected chi connectivity index (χ2v) is 4.51. The van der Waals surface area contributed by atoms with E-state index in [2.05, 4.69) is 35.8 Å². The van der Waals surface area contributed by atoms with E-state index in [9.17, 15) is 0 Å². The zero-order valence-electron chi connectivity index (χ0n) is 6.40. The zero-order valence-corrected chi connectivity index (χ0v) is 9.62. The van der Waals surface area contributed by atoms with Gasteiger partial charge in [0.05, 0.1) is 12.2 Å². The maximum absolute atomic E-state index is 4.19. The Hall–Kier alpha value is -0.530. The minimum Gasteiger partial charge on any atom is -0.356 e. The van der Waals surface area contributed by atoms with Crippen LogP contribution in [0.5, 0.6) is 0 Å². The smallest absolute Gasteiger partial charge is 0.184 e. The molecule has 2 aromatic heterocycles. The van der Waals surface area contributed by atoms with Gasteiger partial charge in [0.25, 0.3) is 0 Å². The summed E-state index contributed by atoms with van der Waals surface area (Å²) >= 11 is 6.19. The molecule has 0 bridgehead atoms. The van der Waals surface area contributed by atoms with Crippen LogP contribution in [0.1, 0.15) is 5.69 Å². The van der Waals surface area contributed by atoms with Crippen LogP contribution in [0.4, 0.5) is 5.13 Å². The van der Waals surface area contributed by atoms with Gasteiger partial charge in [0.1, 0.15) is 4.60 Å². The highest BCUT2D eigenvalue weighted by Crippen LogP contribution is 2.19. The molecule has 0 atom stereocenters. The average molecular weight is 277 g/mol. The first-order chi connectivity index (χ1) is 6.34. The van der Waals surface area contributed by atoms with Crippen LogP contribution in [-0.4, -0.2) is 14.6 Å². The third-order valence-corrected chi connectivity index (χ3v) is 3.36. The van der Waals surface area contributed by atoms with E-state index >= 15 is 0 Å². The molecule has 68 valence electrons. The van der Waals surface area contributed by atoms with Crippen LogP contribution >= 0.6 is 38.8 Å². The lowest BCUT2D eigenvalue weighted by atomic mass is 10.5. The van der Waals surface area contributed by atoms with E-state index in [1.165, 1.54) is 11.5 Å². The van der Waals surface area contributed by atoms with Gasteiger partial charge in [-0.25, -0.2) is 4.98 Å². The first kappa shape index (κ1) is 9.04. The average Bonchev–Trinajstić information content (AvgIpc) is 2.71. The second kappa shape index (κ2) is 4.12. The largest absolute Gasteiger partial charge is 0.356 e. The molecule has 2 heterocycles. The van der Waals surface area contributed by atoms with Crippen LogP contribution in [0.3, 0.4) is 0 Å². The Labute approximate surface area is 91.3 Å². The van der Waals surface area contributed by atoms with Gasteiger partial charge < -0.3 is 5.32 Å². The van der Waals surface area contributed by atoms with Crippen molar-refractivity contribution >= 4 is 43.9 Å². The van der Waals surface area contributed by atoms with Crippen molar-refractivity contribution in [2.45, 2.75) is 6.54 Å². The summed E-state index contributed by atoms with van der Waals surface area (Å²) in [5.41, 5.74) is 0.941. The van der Waals surface area contributed by atoms with Crippen LogP contribution in [0.15, 0.2) is 15.4 Å². The minimum absolute atomic E-state index is 0.677. The summed E-state index contributed by atoms with van der Waals surface area (Å²) in [6.45, 7) is 0.677. The highest BCUT2D eigenvalue weighted by Gasteiger charge is 1.99. The Bertz CT molecular complexity index is 372. The molecule has 0 radical (unpaired) electrons. The van der Waals surface area contributed by atoms with E-state index in [4.69, 9.17) is 0 Å². The maximum Gasteiger partial charge on any atom is 0.184 e. The van der Waals surface area contributed by atoms with Crippen molar-refractivity contribution in [1.82, 2.24) is 14.6 Å². The Balaban J connectivity index is 1.93. The van der Waals surface area contributed by atoms with Crippen LogP contribution in [0.25, 0.3) is 0 Å². The quantitative estimate of drug-likeness (QED) is 0.935. The topological polar surface area (TPSA) is 50.7 Å². The van der Waals surface area contributed by atoms with Gasteiger partial charge in [0.2, 0.25) is 0 Å². The molecule has 0 amide bonds. The van der Waals surface area contributed by atoms with Crippen LogP contribution in [0.2, 0.25) is 0 Å². The third kappa shape index (κ3) is 2.45. The molecule has 7 heteroatoms. The van der Waals surface area contributed by atoms with E-state index in [-0.39, 0.29) is 0 Å². The van der Waals surface area contributed by atoms with Crippen molar-refractivity contribution in [1.29, 1.82) is 0 Å². The van der Waals surface area contributed by atoms with Crippen molar-refractivity contribution in [2.24, 2.45) is 0 Å². The van der Waals surface area contributed by atoms with Gasteiger partial charge in [-0.05, 0) is 27.5 Å². The molecule has 2 aromatic rings. The monoisotopic (exact) mass is 276 g/mol. The van der Waals surface area contributed by atoms with Crippen molar-refractivity contribution in [3.63, 3.8) is 0 Å². The van der Waals surface area contributed by atoms with Crippen molar-refractivity contribution in [3.8, 4) is 0 Å². The first-order valence-electron chi connectivity index (χ1n) is 3.45. The number of thiazole rings is 1. The summed E-state index contributed by atoms with van der Waals surface area (Å²) in [7, 11) is 0. The van der Waals surface area contributed by atoms with Crippen LogP contribution in [0, 0.1) is 0 Å². The molecule has 13 heavy (non-hydrogen) atoms. The number of aromatic nitrogens is 3. The van der Waals surface area contributed by atoms with Crippen LogP contribution < -0.4 is 5.32 Å². The number of anilines is 1. The normalized spacial score (nSPS) is 10.2. The number of halogens is 1. The molecule has 0 aromatic carbocycles. The molecule has 0 aliphatic rings. The number of nitrogens with one attached hydrogen (secondary N) is 1. The molecule has 0 aliphatic heterocycles. The van der Waals surface area contributed by atoms with E-state index in [0.717, 1.165) is 15.4 Å². The molecule has 0 fully saturated rings. The van der Waals surface area contributed by atoms with Crippen molar-refractivity contribution in [3.05, 3.63) is 21.1 Å². The summed E-state index contributed by atoms with van der Waals surface area (Å²) in [6.07, 6.45) is 0. The predicted octanol–water partition coefficient (Wildman–Crippen LogP) is 2.37. The molecule has 0 saturated heterocycles. The fourth-order valence-corrected chi connectivity index (χ4v) is 2.36. The summed E-state index contributed by atoms with van der Waals surface area (Å²) in [5.74, 6) is 0. The van der Waals surface area contributed by atoms with E-state index in [1.54, 1.807) is 11.3 Å². The van der Waals surface area contributed by atoms with Gasteiger partial charge in [0.15, 0.2) is 5.13 Å². The SMILES string of the molecule is Brc1csc(NCc2csnn2)n1. The lowest BCUT2D eigenvalue weighted by Crippen LogP contribution is -1.98. The molecule has 4 nitrogen and oxygen atoms in total. The highest BCUT2D eigenvalue weighted by atomic mass is 79.9. The summed E-state index contributed by atoms with van der Waals surface area (Å²) < 4.78 is 4.62. The predicted molar refractivity (Wildman–Crippen MR) is 57.0 cm³/mol. The minimum atomic E-state index is 0.677. The second-order valence-electron chi connectivity index (χ2n) is 2.23. The van der Waals surface area contributed by atoms with Gasteiger partial charge in [0, 0.05) is 10.8 Å². The number of hydrogen-bond donors (Lipinski definition) is 1. The summed E-state index contributed by atoms with van der Waals surface area (Å²) in [6, 6.07) is 0. The van der Waals surface area contributed by atoms with E-state index < -0.39 is 0 Å². The van der Waals surface area contributed by atoms with Gasteiger partial charge >= 0.3 is 0 Å². The van der Waals surface area contributed by atoms with Crippen molar-refractivity contribution in [2.75, 3.05) is 5.32 Å². The van der Waals surface area contributed by atoms with Gasteiger partial charge in [-0.2, -0.15) is 0 Å². The Morgan fingerprint density at radius 2 is 2.38 bits per heavy atom. The lowest BCUT2D eigenvalue weighted by Gasteiger charge is -1.96. The number of nitrogens with zero attached hydrogens (tertiary/aromatic N) is 3. The molecular weight excluding hydrogens is 272 g/mol. The first-order valence-corrected chi connectivity index (χ1v) is 5.96. The maximum atomic E-state index is 4.19. The Morgan fingerprint density at radius 1 is 1.46 bits per heavy atom. The molecule has 2 rings (SSSR count). The Morgan fingerprint density at radius 3 is 3.00 bits per heavy atom. The van der Waals surface area contributed by atoms with Gasteiger partial charge in [-0.15, -0.1) is 16.4 Å². The van der Waals surface area contributed by atoms with Gasteiger partial charge in [-0.1, -0.05) is 4.49 Å². The molecule has 1 N–H and O–H groups in total. The Kier molecular flexibility index (Phi) is 2.87. The molecule has 0 aliphatic carbocycles. The number of rotatable bonds is 3. The fraction of sp³-hybridized carbons (Fsp3) is 0.167. The lowest BCUT2D eigenvalue weighted by molar-refractivity contribution is 0.995. The molecule has 0 spiro atoms. The number of hydrogen-bond acceptors (Lipinski definition) is 6. The molecule has 0 saturated carbocycles. The van der Waals surface area contributed by atoms with Crippen LogP contribution in [-0.2, 0) is 6.54 Å². The zero-order chi connectivity index (χ0) is 9.10.